The molecule has 1 aliphatic rings. The number of carbonyl (C=O) groups is 1. The molecule has 9 heteroatoms. The molecule has 0 spiro atoms. The number of thiocarbonyl (C=S) groups is 1. The standard InChI is InChI=1S/C11H18Cl3N3O2S/c1-7(2)8(18)15-9(11(12,13)14)16-10(20)17-3-5-19-6-4-17/h7,9H,3-6H2,1-2H3,(H,15,18)(H,16,20). The van der Waals surface area contributed by atoms with Crippen molar-refractivity contribution in [3.8, 4) is 0 Å². The number of nitrogens with zero attached hydrogens (tertiary/aromatic N) is 1. The molecule has 0 aromatic rings. The highest BCUT2D eigenvalue weighted by Gasteiger charge is 2.35. The Morgan fingerprint density at radius 2 is 1.80 bits per heavy atom. The maximum Gasteiger partial charge on any atom is 0.228 e. The molecule has 1 fully saturated rings. The zero-order chi connectivity index (χ0) is 15.3. The topological polar surface area (TPSA) is 53.6 Å². The van der Waals surface area contributed by atoms with Crippen LogP contribution in [0.3, 0.4) is 0 Å². The molecule has 5 nitrogen and oxygen atoms in total. The highest BCUT2D eigenvalue weighted by Crippen LogP contribution is 2.29. The number of halogens is 3. The summed E-state index contributed by atoms with van der Waals surface area (Å²) in [5.74, 6) is -0.442. The van der Waals surface area contributed by atoms with E-state index in [1.54, 1.807) is 13.8 Å². The Bertz CT molecular complexity index is 357. The van der Waals surface area contributed by atoms with Crippen LogP contribution in [0.2, 0.25) is 0 Å². The van der Waals surface area contributed by atoms with Crippen molar-refractivity contribution in [2.24, 2.45) is 5.92 Å². The maximum absolute atomic E-state index is 11.8. The van der Waals surface area contributed by atoms with Gasteiger partial charge in [-0.2, -0.15) is 0 Å². The lowest BCUT2D eigenvalue weighted by Gasteiger charge is -2.34. The van der Waals surface area contributed by atoms with Crippen LogP contribution in [0.4, 0.5) is 0 Å². The van der Waals surface area contributed by atoms with Gasteiger partial charge in [0.25, 0.3) is 0 Å². The smallest absolute Gasteiger partial charge is 0.228 e. The molecule has 0 bridgehead atoms. The minimum Gasteiger partial charge on any atom is -0.378 e. The Hall–Kier alpha value is -0.0100. The molecule has 0 radical (unpaired) electrons. The molecule has 20 heavy (non-hydrogen) atoms. The average molecular weight is 363 g/mol. The third-order valence-corrected chi connectivity index (χ3v) is 3.74. The molecule has 116 valence electrons. The number of rotatable bonds is 3. The van der Waals surface area contributed by atoms with E-state index in [4.69, 9.17) is 51.8 Å². The number of hydrogen-bond acceptors (Lipinski definition) is 3. The van der Waals surface area contributed by atoms with Gasteiger partial charge in [-0.05, 0) is 12.2 Å². The fraction of sp³-hybridized carbons (Fsp3) is 0.818. The van der Waals surface area contributed by atoms with Crippen molar-refractivity contribution in [2.75, 3.05) is 26.3 Å². The first-order valence-corrected chi connectivity index (χ1v) is 7.76. The largest absolute Gasteiger partial charge is 0.378 e. The predicted octanol–water partition coefficient (Wildman–Crippen LogP) is 1.66. The van der Waals surface area contributed by atoms with E-state index in [2.05, 4.69) is 10.6 Å². The van der Waals surface area contributed by atoms with Crippen LogP contribution in [0.5, 0.6) is 0 Å². The number of ether oxygens (including phenoxy) is 1. The SMILES string of the molecule is CC(C)C(=O)NC(NC(=S)N1CCOCC1)C(Cl)(Cl)Cl. The first-order chi connectivity index (χ1) is 9.21. The van der Waals surface area contributed by atoms with Crippen LogP contribution >= 0.6 is 47.0 Å². The van der Waals surface area contributed by atoms with Crippen LogP contribution in [0.1, 0.15) is 13.8 Å². The second kappa shape index (κ2) is 7.84. The summed E-state index contributed by atoms with van der Waals surface area (Å²) >= 11 is 22.9. The van der Waals surface area contributed by atoms with Crippen molar-refractivity contribution in [1.29, 1.82) is 0 Å². The van der Waals surface area contributed by atoms with E-state index in [-0.39, 0.29) is 11.8 Å². The van der Waals surface area contributed by atoms with E-state index in [0.29, 0.717) is 31.4 Å². The van der Waals surface area contributed by atoms with Gasteiger partial charge in [0.1, 0.15) is 6.17 Å². The van der Waals surface area contributed by atoms with Crippen LogP contribution in [0, 0.1) is 5.92 Å². The molecular formula is C11H18Cl3N3O2S. The molecule has 1 heterocycles. The predicted molar refractivity (Wildman–Crippen MR) is 85.2 cm³/mol. The van der Waals surface area contributed by atoms with Gasteiger partial charge in [0, 0.05) is 19.0 Å². The van der Waals surface area contributed by atoms with E-state index in [9.17, 15) is 4.79 Å². The minimum atomic E-state index is -1.71. The highest BCUT2D eigenvalue weighted by molar-refractivity contribution is 7.80. The average Bonchev–Trinajstić information content (AvgIpc) is 2.37. The van der Waals surface area contributed by atoms with Crippen LogP contribution in [0.25, 0.3) is 0 Å². The van der Waals surface area contributed by atoms with Gasteiger partial charge in [0.2, 0.25) is 9.70 Å². The molecule has 1 saturated heterocycles. The normalized spacial score (nSPS) is 17.8. The third kappa shape index (κ3) is 5.77. The van der Waals surface area contributed by atoms with Gasteiger partial charge in [-0.15, -0.1) is 0 Å². The molecule has 1 unspecified atom stereocenters. The second-order valence-corrected chi connectivity index (χ2v) is 7.44. The first kappa shape index (κ1) is 18.0. The zero-order valence-corrected chi connectivity index (χ0v) is 14.4. The van der Waals surface area contributed by atoms with Crippen molar-refractivity contribution in [3.05, 3.63) is 0 Å². The summed E-state index contributed by atoms with van der Waals surface area (Å²) in [6.45, 7) is 6.03. The number of alkyl halides is 3. The van der Waals surface area contributed by atoms with E-state index in [1.165, 1.54) is 0 Å². The summed E-state index contributed by atoms with van der Waals surface area (Å²) in [6.07, 6.45) is -0.891. The Balaban J connectivity index is 2.64. The third-order valence-electron chi connectivity index (χ3n) is 2.70. The molecule has 1 rings (SSSR count). The van der Waals surface area contributed by atoms with Crippen molar-refractivity contribution in [1.82, 2.24) is 15.5 Å². The van der Waals surface area contributed by atoms with Crippen molar-refractivity contribution >= 4 is 58.0 Å². The molecule has 1 aliphatic heterocycles. The lowest BCUT2D eigenvalue weighted by molar-refractivity contribution is -0.124. The number of amides is 1. The van der Waals surface area contributed by atoms with Crippen LogP contribution < -0.4 is 10.6 Å². The molecule has 0 aliphatic carbocycles. The van der Waals surface area contributed by atoms with Crippen molar-refractivity contribution in [2.45, 2.75) is 23.8 Å². The molecule has 0 aromatic carbocycles. The number of nitrogens with one attached hydrogen (secondary N) is 2. The summed E-state index contributed by atoms with van der Waals surface area (Å²) in [6, 6.07) is 0. The van der Waals surface area contributed by atoms with E-state index in [0.717, 1.165) is 0 Å². The maximum atomic E-state index is 11.8. The Morgan fingerprint density at radius 3 is 2.25 bits per heavy atom. The number of hydrogen-bond donors (Lipinski definition) is 2. The molecular weight excluding hydrogens is 345 g/mol. The summed E-state index contributed by atoms with van der Waals surface area (Å²) in [4.78, 5) is 13.7. The molecule has 0 saturated carbocycles. The Kier molecular flexibility index (Phi) is 7.08. The molecule has 1 amide bonds. The first-order valence-electron chi connectivity index (χ1n) is 6.22. The van der Waals surface area contributed by atoms with Gasteiger partial charge in [-0.3, -0.25) is 4.79 Å². The Labute approximate surface area is 139 Å². The van der Waals surface area contributed by atoms with E-state index >= 15 is 0 Å². The second-order valence-electron chi connectivity index (χ2n) is 4.69. The van der Waals surface area contributed by atoms with Gasteiger partial charge < -0.3 is 20.3 Å². The monoisotopic (exact) mass is 361 g/mol. The van der Waals surface area contributed by atoms with Gasteiger partial charge in [-0.1, -0.05) is 48.7 Å². The van der Waals surface area contributed by atoms with Gasteiger partial charge in [-0.25, -0.2) is 0 Å². The van der Waals surface area contributed by atoms with Crippen molar-refractivity contribution in [3.63, 3.8) is 0 Å². The highest BCUT2D eigenvalue weighted by atomic mass is 35.6. The van der Waals surface area contributed by atoms with Gasteiger partial charge in [0.05, 0.1) is 13.2 Å². The summed E-state index contributed by atoms with van der Waals surface area (Å²) in [7, 11) is 0. The summed E-state index contributed by atoms with van der Waals surface area (Å²) in [5.41, 5.74) is 0. The molecule has 1 atom stereocenters. The van der Waals surface area contributed by atoms with E-state index < -0.39 is 9.96 Å². The van der Waals surface area contributed by atoms with Crippen LogP contribution in [0.15, 0.2) is 0 Å². The van der Waals surface area contributed by atoms with Crippen LogP contribution in [-0.4, -0.2) is 52.2 Å². The fourth-order valence-corrected chi connectivity index (χ4v) is 2.12. The van der Waals surface area contributed by atoms with Gasteiger partial charge in [0.15, 0.2) is 5.11 Å². The molecule has 2 N–H and O–H groups in total. The minimum absolute atomic E-state index is 0.219. The fourth-order valence-electron chi connectivity index (χ4n) is 1.49. The van der Waals surface area contributed by atoms with Gasteiger partial charge >= 0.3 is 0 Å². The molecule has 0 aromatic heterocycles. The summed E-state index contributed by atoms with van der Waals surface area (Å²) in [5, 5.41) is 5.95. The Morgan fingerprint density at radius 1 is 1.25 bits per heavy atom. The van der Waals surface area contributed by atoms with E-state index in [1.807, 2.05) is 4.90 Å². The number of carbonyl (C=O) groups excluding carboxylic acids is 1. The summed E-state index contributed by atoms with van der Waals surface area (Å²) < 4.78 is 3.53. The van der Waals surface area contributed by atoms with Crippen molar-refractivity contribution < 1.29 is 9.53 Å². The number of morpholine rings is 1. The quantitative estimate of drug-likeness (QED) is 0.454. The lowest BCUT2D eigenvalue weighted by atomic mass is 10.2. The zero-order valence-electron chi connectivity index (χ0n) is 11.3. The van der Waals surface area contributed by atoms with Crippen LogP contribution in [-0.2, 0) is 9.53 Å². The lowest BCUT2D eigenvalue weighted by Crippen LogP contribution is -2.59.